The Balaban J connectivity index is 2.09. The molecule has 18 heavy (non-hydrogen) atoms. The molecule has 2 nitrogen and oxygen atoms in total. The third kappa shape index (κ3) is 3.17. The van der Waals surface area contributed by atoms with Gasteiger partial charge in [-0.2, -0.15) is 0 Å². The highest BCUT2D eigenvalue weighted by Gasteiger charge is 2.29. The van der Waals surface area contributed by atoms with E-state index >= 15 is 0 Å². The van der Waals surface area contributed by atoms with Gasteiger partial charge in [-0.1, -0.05) is 33.1 Å². The normalized spacial score (nSPS) is 26.2. The number of rotatable bonds is 5. The quantitative estimate of drug-likeness (QED) is 0.833. The van der Waals surface area contributed by atoms with Crippen molar-refractivity contribution in [1.29, 1.82) is 0 Å². The fourth-order valence-corrected chi connectivity index (χ4v) is 3.41. The number of hydrogen-bond acceptors (Lipinski definition) is 2. The number of nitrogens with one attached hydrogen (secondary N) is 1. The van der Waals surface area contributed by atoms with Crippen molar-refractivity contribution >= 4 is 0 Å². The van der Waals surface area contributed by atoms with Crippen LogP contribution in [0.3, 0.4) is 0 Å². The monoisotopic (exact) mass is 249 g/mol. The molecule has 2 rings (SSSR count). The summed E-state index contributed by atoms with van der Waals surface area (Å²) in [6.07, 6.45) is 8.83. The molecule has 0 amide bonds. The minimum Gasteiger partial charge on any atom is -0.469 e. The molecular weight excluding hydrogens is 222 g/mol. The summed E-state index contributed by atoms with van der Waals surface area (Å²) in [4.78, 5) is 0. The third-order valence-electron chi connectivity index (χ3n) is 4.41. The Morgan fingerprint density at radius 3 is 2.83 bits per heavy atom. The highest BCUT2D eigenvalue weighted by Crippen LogP contribution is 2.38. The van der Waals surface area contributed by atoms with Gasteiger partial charge in [-0.05, 0) is 44.2 Å². The van der Waals surface area contributed by atoms with Crippen molar-refractivity contribution in [2.24, 2.45) is 11.8 Å². The van der Waals surface area contributed by atoms with Gasteiger partial charge in [0.2, 0.25) is 0 Å². The van der Waals surface area contributed by atoms with Gasteiger partial charge in [0.1, 0.15) is 5.76 Å². The van der Waals surface area contributed by atoms with E-state index < -0.39 is 0 Å². The molecule has 1 aliphatic carbocycles. The molecule has 1 aromatic rings. The second-order valence-corrected chi connectivity index (χ2v) is 5.73. The molecule has 0 aromatic carbocycles. The molecule has 1 fully saturated rings. The lowest BCUT2D eigenvalue weighted by Gasteiger charge is -2.34. The van der Waals surface area contributed by atoms with Crippen LogP contribution in [0.2, 0.25) is 0 Å². The van der Waals surface area contributed by atoms with Crippen molar-refractivity contribution in [2.45, 2.75) is 58.9 Å². The summed E-state index contributed by atoms with van der Waals surface area (Å²) in [6.45, 7) is 7.59. The van der Waals surface area contributed by atoms with Crippen molar-refractivity contribution in [3.05, 3.63) is 23.7 Å². The van der Waals surface area contributed by atoms with Crippen molar-refractivity contribution in [3.63, 3.8) is 0 Å². The minimum atomic E-state index is 0.488. The summed E-state index contributed by atoms with van der Waals surface area (Å²) >= 11 is 0. The Bertz CT molecular complexity index is 358. The Labute approximate surface area is 111 Å². The van der Waals surface area contributed by atoms with Crippen LogP contribution in [0.4, 0.5) is 0 Å². The molecule has 0 saturated heterocycles. The molecule has 3 atom stereocenters. The van der Waals surface area contributed by atoms with Crippen molar-refractivity contribution in [1.82, 2.24) is 5.32 Å². The first-order valence-electron chi connectivity index (χ1n) is 7.53. The van der Waals surface area contributed by atoms with Crippen LogP contribution in [0.5, 0.6) is 0 Å². The molecule has 1 heterocycles. The molecule has 0 radical (unpaired) electrons. The summed E-state index contributed by atoms with van der Waals surface area (Å²) in [5.74, 6) is 2.73. The van der Waals surface area contributed by atoms with Crippen LogP contribution < -0.4 is 5.32 Å². The molecule has 3 unspecified atom stereocenters. The molecule has 1 saturated carbocycles. The van der Waals surface area contributed by atoms with Crippen molar-refractivity contribution in [3.8, 4) is 0 Å². The molecule has 0 bridgehead atoms. The predicted octanol–water partition coefficient (Wildman–Crippen LogP) is 4.46. The van der Waals surface area contributed by atoms with E-state index in [0.717, 1.165) is 24.1 Å². The first-order valence-corrected chi connectivity index (χ1v) is 7.53. The van der Waals surface area contributed by atoms with Gasteiger partial charge >= 0.3 is 0 Å². The lowest BCUT2D eigenvalue weighted by molar-refractivity contribution is 0.210. The number of aryl methyl sites for hydroxylation is 1. The van der Waals surface area contributed by atoms with Crippen LogP contribution in [0.15, 0.2) is 16.7 Å². The summed E-state index contributed by atoms with van der Waals surface area (Å²) < 4.78 is 5.50. The van der Waals surface area contributed by atoms with E-state index in [1.807, 2.05) is 13.2 Å². The van der Waals surface area contributed by atoms with Gasteiger partial charge in [-0.3, -0.25) is 0 Å². The van der Waals surface area contributed by atoms with Crippen LogP contribution in [-0.2, 0) is 0 Å². The lowest BCUT2D eigenvalue weighted by Crippen LogP contribution is -2.31. The minimum absolute atomic E-state index is 0.488. The molecule has 2 heteroatoms. The average Bonchev–Trinajstić information content (AvgIpc) is 2.82. The van der Waals surface area contributed by atoms with Crippen LogP contribution in [0, 0.1) is 18.8 Å². The fraction of sp³-hybridized carbons (Fsp3) is 0.750. The number of furan rings is 1. The summed E-state index contributed by atoms with van der Waals surface area (Å²) in [6, 6.07) is 2.69. The second kappa shape index (κ2) is 6.42. The summed E-state index contributed by atoms with van der Waals surface area (Å²) in [5, 5.41) is 3.67. The molecule has 0 spiro atoms. The SMILES string of the molecule is CCNC(c1coc(C)c1)C1CCCC(CC)C1. The Hall–Kier alpha value is -0.760. The smallest absolute Gasteiger partial charge is 0.101 e. The average molecular weight is 249 g/mol. The maximum absolute atomic E-state index is 5.50. The van der Waals surface area contributed by atoms with Gasteiger partial charge in [0, 0.05) is 11.6 Å². The van der Waals surface area contributed by atoms with Crippen LogP contribution >= 0.6 is 0 Å². The topological polar surface area (TPSA) is 25.2 Å². The summed E-state index contributed by atoms with van der Waals surface area (Å²) in [7, 11) is 0. The predicted molar refractivity (Wildman–Crippen MR) is 75.6 cm³/mol. The lowest BCUT2D eigenvalue weighted by atomic mass is 9.75. The Morgan fingerprint density at radius 2 is 2.22 bits per heavy atom. The zero-order chi connectivity index (χ0) is 13.0. The zero-order valence-electron chi connectivity index (χ0n) is 12.0. The van der Waals surface area contributed by atoms with E-state index in [1.54, 1.807) is 0 Å². The number of hydrogen-bond donors (Lipinski definition) is 1. The highest BCUT2D eigenvalue weighted by molar-refractivity contribution is 5.17. The van der Waals surface area contributed by atoms with E-state index in [-0.39, 0.29) is 0 Å². The fourth-order valence-electron chi connectivity index (χ4n) is 3.41. The Morgan fingerprint density at radius 1 is 1.39 bits per heavy atom. The van der Waals surface area contributed by atoms with Crippen molar-refractivity contribution in [2.75, 3.05) is 6.54 Å². The van der Waals surface area contributed by atoms with Crippen LogP contribution in [0.1, 0.15) is 63.3 Å². The summed E-state index contributed by atoms with van der Waals surface area (Å²) in [5.41, 5.74) is 1.34. The van der Waals surface area contributed by atoms with E-state index in [1.165, 1.54) is 37.7 Å². The largest absolute Gasteiger partial charge is 0.469 e. The van der Waals surface area contributed by atoms with E-state index in [4.69, 9.17) is 4.42 Å². The maximum Gasteiger partial charge on any atom is 0.101 e. The van der Waals surface area contributed by atoms with Gasteiger partial charge in [0.05, 0.1) is 6.26 Å². The Kier molecular flexibility index (Phi) is 4.87. The van der Waals surface area contributed by atoms with Gasteiger partial charge in [-0.25, -0.2) is 0 Å². The van der Waals surface area contributed by atoms with E-state index in [9.17, 15) is 0 Å². The molecular formula is C16H27NO. The molecule has 1 aliphatic rings. The van der Waals surface area contributed by atoms with Gasteiger partial charge in [-0.15, -0.1) is 0 Å². The highest BCUT2D eigenvalue weighted by atomic mass is 16.3. The zero-order valence-corrected chi connectivity index (χ0v) is 12.0. The van der Waals surface area contributed by atoms with Gasteiger partial charge in [0.25, 0.3) is 0 Å². The molecule has 1 N–H and O–H groups in total. The van der Waals surface area contributed by atoms with Crippen LogP contribution in [-0.4, -0.2) is 6.54 Å². The molecule has 0 aliphatic heterocycles. The van der Waals surface area contributed by atoms with E-state index in [0.29, 0.717) is 6.04 Å². The molecule has 102 valence electrons. The standard InChI is InChI=1S/C16H27NO/c1-4-13-7-6-8-14(10-13)16(17-5-2)15-9-12(3)18-11-15/h9,11,13-14,16-17H,4-8,10H2,1-3H3. The first kappa shape index (κ1) is 13.7. The van der Waals surface area contributed by atoms with Gasteiger partial charge in [0.15, 0.2) is 0 Å². The van der Waals surface area contributed by atoms with Gasteiger partial charge < -0.3 is 9.73 Å². The first-order chi connectivity index (χ1) is 8.74. The third-order valence-corrected chi connectivity index (χ3v) is 4.41. The van der Waals surface area contributed by atoms with Crippen molar-refractivity contribution < 1.29 is 4.42 Å². The second-order valence-electron chi connectivity index (χ2n) is 5.73. The van der Waals surface area contributed by atoms with Crippen LogP contribution in [0.25, 0.3) is 0 Å². The van der Waals surface area contributed by atoms with E-state index in [2.05, 4.69) is 25.2 Å². The molecule has 1 aromatic heterocycles. The maximum atomic E-state index is 5.50.